The first-order chi connectivity index (χ1) is 8.73. The summed E-state index contributed by atoms with van der Waals surface area (Å²) in [4.78, 5) is 15.0. The molecule has 4 nitrogen and oxygen atoms in total. The third kappa shape index (κ3) is 5.21. The number of nitrogens with zero attached hydrogens (tertiary/aromatic N) is 1. The van der Waals surface area contributed by atoms with Crippen molar-refractivity contribution < 1.29 is 27.4 Å². The minimum absolute atomic E-state index is 0.194. The molecule has 0 aliphatic heterocycles. The molecule has 0 aliphatic carbocycles. The van der Waals surface area contributed by atoms with Crippen LogP contribution >= 0.6 is 22.6 Å². The number of halogens is 4. The summed E-state index contributed by atoms with van der Waals surface area (Å²) in [5.74, 6) is -1.10. The molecule has 0 unspecified atom stereocenters. The Morgan fingerprint density at radius 1 is 1.47 bits per heavy atom. The molecule has 0 N–H and O–H groups in total. The summed E-state index contributed by atoms with van der Waals surface area (Å²) in [5.41, 5.74) is 0.443. The van der Waals surface area contributed by atoms with E-state index in [1.165, 1.54) is 13.0 Å². The zero-order valence-corrected chi connectivity index (χ0v) is 12.3. The van der Waals surface area contributed by atoms with Crippen LogP contribution in [0.25, 0.3) is 0 Å². The lowest BCUT2D eigenvalue weighted by Crippen LogP contribution is -2.20. The van der Waals surface area contributed by atoms with Gasteiger partial charge in [0, 0.05) is 9.13 Å². The van der Waals surface area contributed by atoms with Gasteiger partial charge in [-0.25, -0.2) is 4.98 Å². The van der Waals surface area contributed by atoms with Crippen LogP contribution in [-0.4, -0.2) is 23.9 Å². The number of rotatable bonds is 4. The van der Waals surface area contributed by atoms with Crippen molar-refractivity contribution in [1.29, 1.82) is 0 Å². The van der Waals surface area contributed by atoms with Crippen LogP contribution in [0.4, 0.5) is 13.2 Å². The largest absolute Gasteiger partial charge is 0.574 e. The van der Waals surface area contributed by atoms with Gasteiger partial charge in [-0.15, -0.1) is 13.2 Å². The molecule has 1 heterocycles. The van der Waals surface area contributed by atoms with Crippen molar-refractivity contribution in [1.82, 2.24) is 4.98 Å². The summed E-state index contributed by atoms with van der Waals surface area (Å²) >= 11 is 1.89. The van der Waals surface area contributed by atoms with E-state index in [-0.39, 0.29) is 24.3 Å². The van der Waals surface area contributed by atoms with E-state index >= 15 is 0 Å². The van der Waals surface area contributed by atoms with Crippen molar-refractivity contribution >= 4 is 28.6 Å². The van der Waals surface area contributed by atoms with Crippen LogP contribution in [0.5, 0.6) is 5.88 Å². The average Bonchev–Trinajstić information content (AvgIpc) is 2.23. The molecular formula is C11H11F3INO3. The summed E-state index contributed by atoms with van der Waals surface area (Å²) in [6, 6.07) is 1.48. The van der Waals surface area contributed by atoms with Crippen molar-refractivity contribution in [2.75, 3.05) is 6.61 Å². The quantitative estimate of drug-likeness (QED) is 0.587. The lowest BCUT2D eigenvalue weighted by Gasteiger charge is -2.12. The van der Waals surface area contributed by atoms with E-state index in [0.717, 1.165) is 0 Å². The van der Waals surface area contributed by atoms with Crippen molar-refractivity contribution in [3.05, 3.63) is 20.9 Å². The fraction of sp³-hybridized carbons (Fsp3) is 0.455. The summed E-state index contributed by atoms with van der Waals surface area (Å²) in [5, 5.41) is 0. The molecule has 0 aliphatic rings. The minimum atomic E-state index is -4.81. The summed E-state index contributed by atoms with van der Waals surface area (Å²) in [7, 11) is 0. The third-order valence-corrected chi connectivity index (χ3v) is 2.96. The Bertz CT molecular complexity index is 477. The van der Waals surface area contributed by atoms with Crippen molar-refractivity contribution in [3.8, 4) is 5.88 Å². The Kier molecular flexibility index (Phi) is 5.39. The van der Waals surface area contributed by atoms with Crippen molar-refractivity contribution in [2.45, 2.75) is 26.6 Å². The first kappa shape index (κ1) is 16.0. The van der Waals surface area contributed by atoms with Crippen molar-refractivity contribution in [2.24, 2.45) is 0 Å². The highest BCUT2D eigenvalue weighted by molar-refractivity contribution is 14.1. The average molecular weight is 389 g/mol. The molecule has 1 aromatic heterocycles. The highest BCUT2D eigenvalue weighted by Gasteiger charge is 2.33. The van der Waals surface area contributed by atoms with E-state index in [0.29, 0.717) is 3.57 Å². The molecule has 0 saturated heterocycles. The highest BCUT2D eigenvalue weighted by Crippen LogP contribution is 2.26. The lowest BCUT2D eigenvalue weighted by molar-refractivity contribution is -0.276. The zero-order chi connectivity index (χ0) is 14.6. The number of carbonyl (C=O) groups excluding carboxylic acids is 1. The third-order valence-electron chi connectivity index (χ3n) is 2.02. The number of hydrogen-bond donors (Lipinski definition) is 0. The van der Waals surface area contributed by atoms with Gasteiger partial charge in [-0.1, -0.05) is 0 Å². The van der Waals surface area contributed by atoms with Crippen LogP contribution in [0.15, 0.2) is 6.07 Å². The van der Waals surface area contributed by atoms with Gasteiger partial charge in [-0.3, -0.25) is 4.79 Å². The van der Waals surface area contributed by atoms with Crippen LogP contribution in [-0.2, 0) is 16.0 Å². The summed E-state index contributed by atoms with van der Waals surface area (Å²) < 4.78 is 45.7. The van der Waals surface area contributed by atoms with E-state index in [4.69, 9.17) is 4.74 Å². The molecule has 0 fully saturated rings. The zero-order valence-electron chi connectivity index (χ0n) is 10.2. The van der Waals surface area contributed by atoms with Crippen LogP contribution in [0.3, 0.4) is 0 Å². The number of esters is 1. The minimum Gasteiger partial charge on any atom is -0.466 e. The maximum atomic E-state index is 12.2. The second-order valence-corrected chi connectivity index (χ2v) is 4.73. The van der Waals surface area contributed by atoms with Gasteiger partial charge in [-0.2, -0.15) is 0 Å². The Morgan fingerprint density at radius 2 is 2.11 bits per heavy atom. The van der Waals surface area contributed by atoms with E-state index < -0.39 is 18.2 Å². The van der Waals surface area contributed by atoms with E-state index in [2.05, 4.69) is 9.72 Å². The number of carbonyl (C=O) groups is 1. The van der Waals surface area contributed by atoms with Gasteiger partial charge in [-0.05, 0) is 42.5 Å². The van der Waals surface area contributed by atoms with Gasteiger partial charge in [0.25, 0.3) is 0 Å². The summed E-state index contributed by atoms with van der Waals surface area (Å²) in [6.45, 7) is 3.29. The predicted molar refractivity (Wildman–Crippen MR) is 68.7 cm³/mol. The lowest BCUT2D eigenvalue weighted by atomic mass is 10.2. The van der Waals surface area contributed by atoms with Crippen LogP contribution in [0.2, 0.25) is 0 Å². The summed E-state index contributed by atoms with van der Waals surface area (Å²) in [6.07, 6.45) is -5.01. The van der Waals surface area contributed by atoms with E-state index in [9.17, 15) is 18.0 Å². The van der Waals surface area contributed by atoms with E-state index in [1.54, 1.807) is 6.92 Å². The molecule has 0 spiro atoms. The van der Waals surface area contributed by atoms with Crippen LogP contribution < -0.4 is 4.74 Å². The maximum absolute atomic E-state index is 12.2. The molecule has 8 heteroatoms. The first-order valence-corrected chi connectivity index (χ1v) is 6.38. The number of aryl methyl sites for hydroxylation is 1. The number of ether oxygens (including phenoxy) is 2. The first-order valence-electron chi connectivity index (χ1n) is 5.30. The number of hydrogen-bond acceptors (Lipinski definition) is 4. The van der Waals surface area contributed by atoms with Crippen LogP contribution in [0, 0.1) is 10.5 Å². The second kappa shape index (κ2) is 6.40. The smallest absolute Gasteiger partial charge is 0.466 e. The van der Waals surface area contributed by atoms with Gasteiger partial charge in [0.2, 0.25) is 5.88 Å². The highest BCUT2D eigenvalue weighted by atomic mass is 127. The molecule has 0 atom stereocenters. The fourth-order valence-corrected chi connectivity index (χ4v) is 2.06. The second-order valence-electron chi connectivity index (χ2n) is 3.57. The van der Waals surface area contributed by atoms with Gasteiger partial charge >= 0.3 is 12.3 Å². The van der Waals surface area contributed by atoms with Gasteiger partial charge < -0.3 is 9.47 Å². The normalized spacial score (nSPS) is 11.3. The molecule has 0 saturated carbocycles. The van der Waals surface area contributed by atoms with Gasteiger partial charge in [0.15, 0.2) is 0 Å². The molecule has 1 rings (SSSR count). The van der Waals surface area contributed by atoms with Gasteiger partial charge in [0.1, 0.15) is 0 Å². The topological polar surface area (TPSA) is 48.4 Å². The molecule has 0 radical (unpaired) electrons. The molecule has 106 valence electrons. The molecule has 19 heavy (non-hydrogen) atoms. The van der Waals surface area contributed by atoms with E-state index in [1.807, 2.05) is 22.6 Å². The SMILES string of the molecule is CCOC(=O)Cc1nc(OC(F)(F)F)c(C)cc1I. The van der Waals surface area contributed by atoms with Crippen LogP contribution in [0.1, 0.15) is 18.2 Å². The number of alkyl halides is 3. The fourth-order valence-electron chi connectivity index (χ4n) is 1.28. The monoisotopic (exact) mass is 389 g/mol. The van der Waals surface area contributed by atoms with Gasteiger partial charge in [0.05, 0.1) is 18.7 Å². The number of pyridine rings is 1. The molecule has 1 aromatic rings. The Balaban J connectivity index is 2.99. The molecule has 0 bridgehead atoms. The Morgan fingerprint density at radius 3 is 2.63 bits per heavy atom. The Labute approximate surface area is 121 Å². The maximum Gasteiger partial charge on any atom is 0.574 e. The standard InChI is InChI=1S/C11H11F3INO3/c1-3-18-9(17)5-8-7(15)4-6(2)10(16-8)19-11(12,13)14/h4H,3,5H2,1-2H3. The van der Waals surface area contributed by atoms with Crippen molar-refractivity contribution in [3.63, 3.8) is 0 Å². The molecular weight excluding hydrogens is 378 g/mol. The molecule has 0 amide bonds. The Hall–Kier alpha value is -1.06. The predicted octanol–water partition coefficient (Wildman–Crippen LogP) is 3.00. The molecule has 0 aromatic carbocycles. The number of aromatic nitrogens is 1.